The van der Waals surface area contributed by atoms with Crippen molar-refractivity contribution in [3.05, 3.63) is 70.2 Å². The Morgan fingerprint density at radius 1 is 1.14 bits per heavy atom. The van der Waals surface area contributed by atoms with Gasteiger partial charge in [0, 0.05) is 18.1 Å². The number of aliphatic imine (C=N–C) groups is 1. The van der Waals surface area contributed by atoms with Gasteiger partial charge in [-0.25, -0.2) is 0 Å². The van der Waals surface area contributed by atoms with Crippen LogP contribution in [0.2, 0.25) is 0 Å². The number of nitrogens with zero attached hydrogens (tertiary/aromatic N) is 1. The van der Waals surface area contributed by atoms with Crippen LogP contribution in [0.4, 0.5) is 0 Å². The molecule has 0 heterocycles. The molecule has 0 saturated carbocycles. The predicted octanol–water partition coefficient (Wildman–Crippen LogP) is 3.88. The topological polar surface area (TPSA) is 36.4 Å². The molecule has 110 valence electrons. The zero-order chi connectivity index (χ0) is 15.1. The zero-order valence-corrected chi connectivity index (χ0v) is 13.9. The Labute approximate surface area is 134 Å². The van der Waals surface area contributed by atoms with Crippen molar-refractivity contribution >= 4 is 21.9 Å². The first-order valence-electron chi connectivity index (χ1n) is 6.95. The predicted molar refractivity (Wildman–Crippen MR) is 92.3 cm³/mol. The average Bonchev–Trinajstić information content (AvgIpc) is 2.52. The molecule has 2 aromatic rings. The molecular formula is C17H20BrN3. The number of rotatable bonds is 4. The lowest BCUT2D eigenvalue weighted by molar-refractivity contribution is 0.685. The highest BCUT2D eigenvalue weighted by molar-refractivity contribution is 9.10. The van der Waals surface area contributed by atoms with E-state index in [4.69, 9.17) is 0 Å². The summed E-state index contributed by atoms with van der Waals surface area (Å²) < 4.78 is 1.09. The molecule has 2 aromatic carbocycles. The summed E-state index contributed by atoms with van der Waals surface area (Å²) in [5.74, 6) is 0.798. The second-order valence-electron chi connectivity index (χ2n) is 4.83. The fourth-order valence-corrected chi connectivity index (χ4v) is 2.50. The largest absolute Gasteiger partial charge is 0.352 e. The summed E-state index contributed by atoms with van der Waals surface area (Å²) in [5, 5.41) is 6.73. The standard InChI is InChI=1S/C17H20BrN3/c1-13(15-8-4-3-5-9-15)21-17(19-2)20-12-14-7-6-10-16(18)11-14/h3-11,13H,12H2,1-2H3,(H2,19,20,21). The number of hydrogen-bond acceptors (Lipinski definition) is 1. The first-order valence-corrected chi connectivity index (χ1v) is 7.75. The summed E-state index contributed by atoms with van der Waals surface area (Å²) in [4.78, 5) is 4.27. The van der Waals surface area contributed by atoms with Gasteiger partial charge in [0.1, 0.15) is 0 Å². The van der Waals surface area contributed by atoms with Gasteiger partial charge >= 0.3 is 0 Å². The molecule has 0 aliphatic rings. The molecule has 0 spiro atoms. The third-order valence-corrected chi connectivity index (χ3v) is 3.72. The first kappa shape index (κ1) is 15.6. The third kappa shape index (κ3) is 4.90. The molecule has 0 saturated heterocycles. The minimum Gasteiger partial charge on any atom is -0.352 e. The number of guanidine groups is 1. The maximum atomic E-state index is 4.27. The Balaban J connectivity index is 1.92. The molecule has 0 fully saturated rings. The van der Waals surface area contributed by atoms with E-state index >= 15 is 0 Å². The number of nitrogens with one attached hydrogen (secondary N) is 2. The van der Waals surface area contributed by atoms with Gasteiger partial charge in [0.05, 0.1) is 6.04 Å². The Bertz CT molecular complexity index is 596. The molecule has 0 aliphatic carbocycles. The second-order valence-corrected chi connectivity index (χ2v) is 5.75. The van der Waals surface area contributed by atoms with Crippen molar-refractivity contribution < 1.29 is 0 Å². The zero-order valence-electron chi connectivity index (χ0n) is 12.3. The van der Waals surface area contributed by atoms with Crippen LogP contribution >= 0.6 is 15.9 Å². The molecule has 0 aliphatic heterocycles. The molecule has 1 unspecified atom stereocenters. The van der Waals surface area contributed by atoms with Crippen LogP contribution in [0.1, 0.15) is 24.1 Å². The van der Waals surface area contributed by atoms with E-state index in [1.54, 1.807) is 7.05 Å². The van der Waals surface area contributed by atoms with Crippen molar-refractivity contribution in [2.24, 2.45) is 4.99 Å². The summed E-state index contributed by atoms with van der Waals surface area (Å²) in [6, 6.07) is 18.8. The van der Waals surface area contributed by atoms with Crippen LogP contribution in [0.3, 0.4) is 0 Å². The van der Waals surface area contributed by atoms with E-state index in [0.29, 0.717) is 0 Å². The van der Waals surface area contributed by atoms with Crippen molar-refractivity contribution in [1.82, 2.24) is 10.6 Å². The van der Waals surface area contributed by atoms with Crippen LogP contribution in [0.25, 0.3) is 0 Å². The average molecular weight is 346 g/mol. The van der Waals surface area contributed by atoms with E-state index in [9.17, 15) is 0 Å². The molecule has 2 rings (SSSR count). The van der Waals surface area contributed by atoms with Gasteiger partial charge in [0.15, 0.2) is 5.96 Å². The van der Waals surface area contributed by atoms with Gasteiger partial charge in [-0.05, 0) is 30.2 Å². The van der Waals surface area contributed by atoms with Crippen molar-refractivity contribution in [1.29, 1.82) is 0 Å². The molecule has 0 aromatic heterocycles. The van der Waals surface area contributed by atoms with Gasteiger partial charge in [-0.1, -0.05) is 58.4 Å². The molecule has 0 amide bonds. The lowest BCUT2D eigenvalue weighted by atomic mass is 10.1. The molecule has 3 nitrogen and oxygen atoms in total. The summed E-state index contributed by atoms with van der Waals surface area (Å²) >= 11 is 3.48. The quantitative estimate of drug-likeness (QED) is 0.651. The van der Waals surface area contributed by atoms with Crippen molar-refractivity contribution in [3.63, 3.8) is 0 Å². The van der Waals surface area contributed by atoms with Crippen LogP contribution in [-0.2, 0) is 6.54 Å². The number of halogens is 1. The smallest absolute Gasteiger partial charge is 0.191 e. The van der Waals surface area contributed by atoms with E-state index in [-0.39, 0.29) is 6.04 Å². The Morgan fingerprint density at radius 2 is 1.90 bits per heavy atom. The van der Waals surface area contributed by atoms with Crippen molar-refractivity contribution in [3.8, 4) is 0 Å². The fourth-order valence-electron chi connectivity index (χ4n) is 2.06. The minimum atomic E-state index is 0.208. The molecular weight excluding hydrogens is 326 g/mol. The Morgan fingerprint density at radius 3 is 2.57 bits per heavy atom. The first-order chi connectivity index (χ1) is 10.2. The van der Waals surface area contributed by atoms with Crippen molar-refractivity contribution in [2.75, 3.05) is 7.05 Å². The Kier molecular flexibility index (Phi) is 5.81. The highest BCUT2D eigenvalue weighted by atomic mass is 79.9. The molecule has 0 bridgehead atoms. The summed E-state index contributed by atoms with van der Waals surface area (Å²) in [6.45, 7) is 2.86. The van der Waals surface area contributed by atoms with E-state index in [2.05, 4.69) is 62.7 Å². The van der Waals surface area contributed by atoms with Gasteiger partial charge in [-0.15, -0.1) is 0 Å². The minimum absolute atomic E-state index is 0.208. The molecule has 1 atom stereocenters. The van der Waals surface area contributed by atoms with Gasteiger partial charge < -0.3 is 10.6 Å². The van der Waals surface area contributed by atoms with E-state index in [0.717, 1.165) is 17.0 Å². The van der Waals surface area contributed by atoms with E-state index < -0.39 is 0 Å². The summed E-state index contributed by atoms with van der Waals surface area (Å²) in [5.41, 5.74) is 2.45. The molecule has 21 heavy (non-hydrogen) atoms. The van der Waals surface area contributed by atoms with E-state index in [1.165, 1.54) is 11.1 Å². The maximum absolute atomic E-state index is 4.27. The fraction of sp³-hybridized carbons (Fsp3) is 0.235. The van der Waals surface area contributed by atoms with Crippen LogP contribution in [0, 0.1) is 0 Å². The SMILES string of the molecule is CN=C(NCc1cccc(Br)c1)NC(C)c1ccccc1. The van der Waals surface area contributed by atoms with Gasteiger partial charge in [-0.3, -0.25) is 4.99 Å². The van der Waals surface area contributed by atoms with Crippen LogP contribution < -0.4 is 10.6 Å². The van der Waals surface area contributed by atoms with E-state index in [1.807, 2.05) is 30.3 Å². The lowest BCUT2D eigenvalue weighted by Crippen LogP contribution is -2.38. The van der Waals surface area contributed by atoms with Gasteiger partial charge in [-0.2, -0.15) is 0 Å². The van der Waals surface area contributed by atoms with Gasteiger partial charge in [0.25, 0.3) is 0 Å². The lowest BCUT2D eigenvalue weighted by Gasteiger charge is -2.18. The normalized spacial score (nSPS) is 12.8. The summed E-state index contributed by atoms with van der Waals surface area (Å²) in [6.07, 6.45) is 0. The Hall–Kier alpha value is -1.81. The molecule has 0 radical (unpaired) electrons. The second kappa shape index (κ2) is 7.84. The number of hydrogen-bond donors (Lipinski definition) is 2. The van der Waals surface area contributed by atoms with Crippen LogP contribution in [0.15, 0.2) is 64.1 Å². The maximum Gasteiger partial charge on any atom is 0.191 e. The van der Waals surface area contributed by atoms with Crippen molar-refractivity contribution in [2.45, 2.75) is 19.5 Å². The van der Waals surface area contributed by atoms with Crippen LogP contribution in [0.5, 0.6) is 0 Å². The summed E-state index contributed by atoms with van der Waals surface area (Å²) in [7, 11) is 1.79. The highest BCUT2D eigenvalue weighted by Gasteiger charge is 2.06. The molecule has 4 heteroatoms. The third-order valence-electron chi connectivity index (χ3n) is 3.23. The van der Waals surface area contributed by atoms with Gasteiger partial charge in [0.2, 0.25) is 0 Å². The monoisotopic (exact) mass is 345 g/mol. The number of benzene rings is 2. The molecule has 2 N–H and O–H groups in total. The van der Waals surface area contributed by atoms with Crippen LogP contribution in [-0.4, -0.2) is 13.0 Å². The highest BCUT2D eigenvalue weighted by Crippen LogP contribution is 2.12.